The smallest absolute Gasteiger partial charge is 0.287 e. The van der Waals surface area contributed by atoms with Crippen LogP contribution in [0.4, 0.5) is 13.2 Å². The van der Waals surface area contributed by atoms with Gasteiger partial charge in [-0.25, -0.2) is 4.68 Å². The van der Waals surface area contributed by atoms with Gasteiger partial charge in [-0.05, 0) is 30.3 Å². The van der Waals surface area contributed by atoms with Crippen molar-refractivity contribution in [2.24, 2.45) is 0 Å². The summed E-state index contributed by atoms with van der Waals surface area (Å²) in [6.07, 6.45) is -4.47. The van der Waals surface area contributed by atoms with E-state index in [2.05, 4.69) is 5.10 Å². The summed E-state index contributed by atoms with van der Waals surface area (Å²) in [6, 6.07) is 20.5. The first-order valence-corrected chi connectivity index (χ1v) is 8.20. The van der Waals surface area contributed by atoms with Crippen LogP contribution >= 0.6 is 0 Å². The van der Waals surface area contributed by atoms with E-state index in [1.165, 1.54) is 16.8 Å². The first-order chi connectivity index (χ1) is 12.9. The van der Waals surface area contributed by atoms with Gasteiger partial charge in [0, 0.05) is 5.56 Å². The number of hydrogen-bond acceptors (Lipinski definition) is 2. The monoisotopic (exact) mass is 366 g/mol. The summed E-state index contributed by atoms with van der Waals surface area (Å²) in [7, 11) is 0. The predicted octanol–water partition coefficient (Wildman–Crippen LogP) is 5.07. The minimum absolute atomic E-state index is 0.187. The Morgan fingerprint density at radius 3 is 2.26 bits per heavy atom. The molecule has 1 heterocycles. The lowest BCUT2D eigenvalue weighted by atomic mass is 10.1. The Morgan fingerprint density at radius 1 is 0.815 bits per heavy atom. The molecule has 0 radical (unpaired) electrons. The zero-order chi connectivity index (χ0) is 19.0. The van der Waals surface area contributed by atoms with E-state index in [-0.39, 0.29) is 16.8 Å². The van der Waals surface area contributed by atoms with Crippen LogP contribution in [0.2, 0.25) is 0 Å². The number of aromatic nitrogens is 2. The van der Waals surface area contributed by atoms with Crippen molar-refractivity contribution in [2.45, 2.75) is 6.18 Å². The van der Waals surface area contributed by atoms with E-state index in [0.717, 1.165) is 12.1 Å². The van der Waals surface area contributed by atoms with Gasteiger partial charge in [-0.2, -0.15) is 18.3 Å². The number of nitrogens with zero attached hydrogens (tertiary/aromatic N) is 2. The Bertz CT molecular complexity index is 1180. The summed E-state index contributed by atoms with van der Waals surface area (Å²) >= 11 is 0. The zero-order valence-corrected chi connectivity index (χ0v) is 13.9. The van der Waals surface area contributed by atoms with E-state index in [0.29, 0.717) is 16.5 Å². The molecule has 0 fully saturated rings. The Kier molecular flexibility index (Phi) is 4.03. The molecular weight excluding hydrogens is 353 g/mol. The minimum atomic E-state index is -4.47. The van der Waals surface area contributed by atoms with E-state index in [1.54, 1.807) is 48.5 Å². The summed E-state index contributed by atoms with van der Waals surface area (Å²) < 4.78 is 40.8. The van der Waals surface area contributed by atoms with E-state index >= 15 is 0 Å². The topological polar surface area (TPSA) is 34.9 Å². The lowest BCUT2D eigenvalue weighted by Gasteiger charge is -2.14. The Labute approximate surface area is 152 Å². The lowest BCUT2D eigenvalue weighted by molar-refractivity contribution is -0.137. The second kappa shape index (κ2) is 6.39. The van der Waals surface area contributed by atoms with E-state index in [1.807, 2.05) is 6.07 Å². The lowest BCUT2D eigenvalue weighted by Crippen LogP contribution is -2.16. The molecule has 0 aliphatic carbocycles. The molecule has 3 aromatic carbocycles. The molecule has 0 unspecified atom stereocenters. The van der Waals surface area contributed by atoms with Crippen LogP contribution in [0.25, 0.3) is 27.8 Å². The van der Waals surface area contributed by atoms with Gasteiger partial charge in [-0.3, -0.25) is 4.79 Å². The van der Waals surface area contributed by atoms with Crippen LogP contribution in [0.3, 0.4) is 0 Å². The van der Waals surface area contributed by atoms with E-state index in [4.69, 9.17) is 0 Å². The van der Waals surface area contributed by atoms with Crippen LogP contribution < -0.4 is 5.43 Å². The maximum Gasteiger partial charge on any atom is 0.416 e. The molecule has 4 aromatic rings. The molecule has 0 N–H and O–H groups in total. The fourth-order valence-corrected chi connectivity index (χ4v) is 2.97. The Hall–Kier alpha value is -3.41. The second-order valence-corrected chi connectivity index (χ2v) is 6.02. The number of benzene rings is 3. The van der Waals surface area contributed by atoms with Crippen molar-refractivity contribution >= 4 is 10.9 Å². The average Bonchev–Trinajstić information content (AvgIpc) is 2.69. The molecule has 1 aromatic heterocycles. The average molecular weight is 366 g/mol. The molecular formula is C21H13F3N2O. The van der Waals surface area contributed by atoms with Crippen molar-refractivity contribution in [1.82, 2.24) is 9.78 Å². The van der Waals surface area contributed by atoms with Crippen LogP contribution in [-0.2, 0) is 6.18 Å². The van der Waals surface area contributed by atoms with Crippen molar-refractivity contribution in [3.63, 3.8) is 0 Å². The third kappa shape index (κ3) is 3.10. The summed E-state index contributed by atoms with van der Waals surface area (Å²) in [5.41, 5.74) is 0.436. The minimum Gasteiger partial charge on any atom is -0.287 e. The van der Waals surface area contributed by atoms with Gasteiger partial charge in [0.05, 0.1) is 22.2 Å². The van der Waals surface area contributed by atoms with Crippen LogP contribution in [0, 0.1) is 0 Å². The summed E-state index contributed by atoms with van der Waals surface area (Å²) in [6.45, 7) is 0. The number of hydrogen-bond donors (Lipinski definition) is 0. The third-order valence-corrected chi connectivity index (χ3v) is 4.26. The SMILES string of the molecule is O=c1c(-c2ccccc2)nn(-c2cccc(C(F)(F)F)c2)c2ccccc12. The van der Waals surface area contributed by atoms with Crippen molar-refractivity contribution < 1.29 is 13.2 Å². The highest BCUT2D eigenvalue weighted by atomic mass is 19.4. The quantitative estimate of drug-likeness (QED) is 0.496. The highest BCUT2D eigenvalue weighted by Gasteiger charge is 2.30. The van der Waals surface area contributed by atoms with Gasteiger partial charge >= 0.3 is 6.18 Å². The molecule has 27 heavy (non-hydrogen) atoms. The first kappa shape index (κ1) is 17.0. The zero-order valence-electron chi connectivity index (χ0n) is 13.9. The van der Waals surface area contributed by atoms with Crippen LogP contribution in [-0.4, -0.2) is 9.78 Å². The highest BCUT2D eigenvalue weighted by Crippen LogP contribution is 2.31. The van der Waals surface area contributed by atoms with Gasteiger partial charge in [0.2, 0.25) is 5.43 Å². The normalized spacial score (nSPS) is 11.7. The van der Waals surface area contributed by atoms with Crippen LogP contribution in [0.1, 0.15) is 5.56 Å². The standard InChI is InChI=1S/C21H13F3N2O/c22-21(23,24)15-9-6-10-16(13-15)26-18-12-5-4-11-17(18)20(27)19(25-26)14-7-2-1-3-8-14/h1-13H. The first-order valence-electron chi connectivity index (χ1n) is 8.20. The Morgan fingerprint density at radius 2 is 1.52 bits per heavy atom. The Balaban J connectivity index is 2.04. The van der Waals surface area contributed by atoms with Crippen LogP contribution in [0.15, 0.2) is 83.7 Å². The molecule has 3 nitrogen and oxygen atoms in total. The predicted molar refractivity (Wildman–Crippen MR) is 97.8 cm³/mol. The largest absolute Gasteiger partial charge is 0.416 e. The number of alkyl halides is 3. The molecule has 0 bridgehead atoms. The maximum absolute atomic E-state index is 13.1. The van der Waals surface area contributed by atoms with Crippen molar-refractivity contribution in [3.05, 3.63) is 94.6 Å². The van der Waals surface area contributed by atoms with Crippen molar-refractivity contribution in [2.75, 3.05) is 0 Å². The molecule has 134 valence electrons. The molecule has 0 aliphatic rings. The number of fused-ring (bicyclic) bond motifs is 1. The fourth-order valence-electron chi connectivity index (χ4n) is 2.97. The van der Waals surface area contributed by atoms with Gasteiger partial charge in [0.1, 0.15) is 5.69 Å². The number of para-hydroxylation sites is 1. The van der Waals surface area contributed by atoms with Crippen molar-refractivity contribution in [3.8, 4) is 16.9 Å². The van der Waals surface area contributed by atoms with E-state index in [9.17, 15) is 18.0 Å². The third-order valence-electron chi connectivity index (χ3n) is 4.26. The second-order valence-electron chi connectivity index (χ2n) is 6.02. The van der Waals surface area contributed by atoms with Gasteiger partial charge in [-0.1, -0.05) is 48.5 Å². The molecule has 4 rings (SSSR count). The summed E-state index contributed by atoms with van der Waals surface area (Å²) in [4.78, 5) is 12.9. The maximum atomic E-state index is 13.1. The molecule has 0 saturated carbocycles. The summed E-state index contributed by atoms with van der Waals surface area (Å²) in [5, 5.41) is 4.79. The van der Waals surface area contributed by atoms with Gasteiger partial charge in [0.25, 0.3) is 0 Å². The highest BCUT2D eigenvalue weighted by molar-refractivity contribution is 5.83. The molecule has 6 heteroatoms. The van der Waals surface area contributed by atoms with Crippen molar-refractivity contribution in [1.29, 1.82) is 0 Å². The molecule has 0 spiro atoms. The molecule has 0 aliphatic heterocycles. The molecule has 0 saturated heterocycles. The van der Waals surface area contributed by atoms with Crippen LogP contribution in [0.5, 0.6) is 0 Å². The molecule has 0 amide bonds. The fraction of sp³-hybridized carbons (Fsp3) is 0.0476. The summed E-state index contributed by atoms with van der Waals surface area (Å²) in [5.74, 6) is 0. The van der Waals surface area contributed by atoms with Gasteiger partial charge in [0.15, 0.2) is 0 Å². The van der Waals surface area contributed by atoms with Gasteiger partial charge in [-0.15, -0.1) is 0 Å². The molecule has 0 atom stereocenters. The van der Waals surface area contributed by atoms with E-state index < -0.39 is 11.7 Å². The number of halogens is 3. The number of rotatable bonds is 2. The van der Waals surface area contributed by atoms with Gasteiger partial charge < -0.3 is 0 Å².